The Morgan fingerprint density at radius 3 is 2.75 bits per heavy atom. The third-order valence-electron chi connectivity index (χ3n) is 2.06. The largest absolute Gasteiger partial charge is 0.497 e. The van der Waals surface area contributed by atoms with E-state index >= 15 is 0 Å². The van der Waals surface area contributed by atoms with Crippen LogP contribution in [0.2, 0.25) is 0 Å². The summed E-state index contributed by atoms with van der Waals surface area (Å²) in [5.74, 6) is 0. The monoisotopic (exact) mass is 164 g/mol. The van der Waals surface area contributed by atoms with Gasteiger partial charge in [-0.05, 0) is 37.3 Å². The molecule has 0 radical (unpaired) electrons. The molecule has 1 saturated carbocycles. The molecule has 12 heavy (non-hydrogen) atoms. The van der Waals surface area contributed by atoms with Crippen molar-refractivity contribution in [1.29, 1.82) is 0 Å². The van der Waals surface area contributed by atoms with Gasteiger partial charge in [-0.15, -0.1) is 5.73 Å². The lowest BCUT2D eigenvalue weighted by atomic mass is 9.96. The first kappa shape index (κ1) is 9.15. The van der Waals surface area contributed by atoms with E-state index in [1.54, 1.807) is 0 Å². The summed E-state index contributed by atoms with van der Waals surface area (Å²) in [6.45, 7) is 4.07. The second-order valence-electron chi connectivity index (χ2n) is 3.01. The molecule has 1 heteroatoms. The van der Waals surface area contributed by atoms with Crippen molar-refractivity contribution in [1.82, 2.24) is 0 Å². The van der Waals surface area contributed by atoms with Crippen molar-refractivity contribution in [2.75, 3.05) is 6.61 Å². The van der Waals surface area contributed by atoms with E-state index in [2.05, 4.69) is 12.3 Å². The zero-order valence-corrected chi connectivity index (χ0v) is 7.51. The first-order valence-corrected chi connectivity index (χ1v) is 4.59. The minimum atomic E-state index is 0.604. The standard InChI is InChI=1S/C11H16O/c1-2-12-10-6-9-11-7-4-3-5-8-11/h2,6H,1,3-5,7-8,10H2. The Morgan fingerprint density at radius 1 is 1.33 bits per heavy atom. The van der Waals surface area contributed by atoms with Gasteiger partial charge in [0.25, 0.3) is 0 Å². The third-order valence-corrected chi connectivity index (χ3v) is 2.06. The van der Waals surface area contributed by atoms with Crippen LogP contribution in [-0.4, -0.2) is 6.61 Å². The topological polar surface area (TPSA) is 9.23 Å². The predicted octanol–water partition coefficient (Wildman–Crippen LogP) is 3.19. The first-order chi connectivity index (χ1) is 5.93. The van der Waals surface area contributed by atoms with E-state index in [0.717, 1.165) is 0 Å². The molecule has 0 aliphatic heterocycles. The van der Waals surface area contributed by atoms with Gasteiger partial charge in [-0.3, -0.25) is 0 Å². The minimum absolute atomic E-state index is 0.604. The van der Waals surface area contributed by atoms with Crippen molar-refractivity contribution in [2.24, 2.45) is 0 Å². The van der Waals surface area contributed by atoms with Gasteiger partial charge in [0, 0.05) is 0 Å². The molecule has 0 heterocycles. The maximum absolute atomic E-state index is 4.96. The van der Waals surface area contributed by atoms with Crippen LogP contribution in [0.15, 0.2) is 30.2 Å². The number of hydrogen-bond acceptors (Lipinski definition) is 1. The Bertz CT molecular complexity index is 189. The molecular formula is C11H16O. The van der Waals surface area contributed by atoms with Crippen molar-refractivity contribution in [3.63, 3.8) is 0 Å². The normalized spacial score (nSPS) is 16.5. The Hall–Kier alpha value is -0.940. The van der Waals surface area contributed by atoms with Crippen LogP contribution in [0, 0.1) is 0 Å². The summed E-state index contributed by atoms with van der Waals surface area (Å²) in [6, 6.07) is 0. The first-order valence-electron chi connectivity index (χ1n) is 4.59. The van der Waals surface area contributed by atoms with Gasteiger partial charge in [0.1, 0.15) is 6.61 Å². The summed E-state index contributed by atoms with van der Waals surface area (Å²) in [6.07, 6.45) is 9.91. The zero-order chi connectivity index (χ0) is 8.65. The second kappa shape index (κ2) is 5.68. The Balaban J connectivity index is 2.31. The lowest BCUT2D eigenvalue weighted by molar-refractivity contribution is 0.291. The molecule has 1 aliphatic carbocycles. The van der Waals surface area contributed by atoms with E-state index in [4.69, 9.17) is 4.74 Å². The molecule has 1 nitrogen and oxygen atoms in total. The predicted molar refractivity (Wildman–Crippen MR) is 50.8 cm³/mol. The maximum atomic E-state index is 4.96. The molecule has 0 atom stereocenters. The molecule has 66 valence electrons. The second-order valence-corrected chi connectivity index (χ2v) is 3.01. The molecule has 0 amide bonds. The lowest BCUT2D eigenvalue weighted by Gasteiger charge is -2.10. The van der Waals surface area contributed by atoms with Crippen molar-refractivity contribution in [2.45, 2.75) is 32.1 Å². The van der Waals surface area contributed by atoms with Crippen LogP contribution < -0.4 is 0 Å². The van der Waals surface area contributed by atoms with Gasteiger partial charge in [-0.1, -0.05) is 13.0 Å². The fourth-order valence-corrected chi connectivity index (χ4v) is 1.43. The SMILES string of the molecule is C=COCC=C=C1CCCCC1. The molecule has 1 rings (SSSR count). The molecule has 0 aromatic rings. The minimum Gasteiger partial charge on any atom is -0.497 e. The van der Waals surface area contributed by atoms with Gasteiger partial charge < -0.3 is 4.74 Å². The van der Waals surface area contributed by atoms with E-state index in [9.17, 15) is 0 Å². The fourth-order valence-electron chi connectivity index (χ4n) is 1.43. The van der Waals surface area contributed by atoms with Gasteiger partial charge in [-0.25, -0.2) is 0 Å². The van der Waals surface area contributed by atoms with Crippen molar-refractivity contribution < 1.29 is 4.74 Å². The van der Waals surface area contributed by atoms with Gasteiger partial charge in [0.2, 0.25) is 0 Å². The molecule has 0 bridgehead atoms. The molecule has 0 spiro atoms. The highest BCUT2D eigenvalue weighted by Crippen LogP contribution is 2.21. The van der Waals surface area contributed by atoms with E-state index in [-0.39, 0.29) is 0 Å². The van der Waals surface area contributed by atoms with Gasteiger partial charge in [0.15, 0.2) is 0 Å². The van der Waals surface area contributed by atoms with Crippen LogP contribution in [0.25, 0.3) is 0 Å². The maximum Gasteiger partial charge on any atom is 0.113 e. The average Bonchev–Trinajstić information content (AvgIpc) is 2.14. The Morgan fingerprint density at radius 2 is 2.08 bits per heavy atom. The summed E-state index contributed by atoms with van der Waals surface area (Å²) in [5.41, 5.74) is 4.73. The van der Waals surface area contributed by atoms with Crippen molar-refractivity contribution in [3.8, 4) is 0 Å². The average molecular weight is 164 g/mol. The van der Waals surface area contributed by atoms with Crippen molar-refractivity contribution in [3.05, 3.63) is 30.2 Å². The number of ether oxygens (including phenoxy) is 1. The Kier molecular flexibility index (Phi) is 4.33. The Labute approximate surface area is 74.4 Å². The zero-order valence-electron chi connectivity index (χ0n) is 7.51. The third kappa shape index (κ3) is 3.45. The summed E-state index contributed by atoms with van der Waals surface area (Å²) in [7, 11) is 0. The van der Waals surface area contributed by atoms with Crippen LogP contribution in [-0.2, 0) is 4.74 Å². The molecule has 0 aromatic heterocycles. The van der Waals surface area contributed by atoms with Crippen LogP contribution in [0.4, 0.5) is 0 Å². The molecule has 0 unspecified atom stereocenters. The van der Waals surface area contributed by atoms with Crippen LogP contribution >= 0.6 is 0 Å². The van der Waals surface area contributed by atoms with Gasteiger partial charge >= 0.3 is 0 Å². The fraction of sp³-hybridized carbons (Fsp3) is 0.545. The van der Waals surface area contributed by atoms with E-state index in [1.165, 1.54) is 43.9 Å². The number of hydrogen-bond donors (Lipinski definition) is 0. The quantitative estimate of drug-likeness (QED) is 0.353. The summed E-state index contributed by atoms with van der Waals surface area (Å²) >= 11 is 0. The smallest absolute Gasteiger partial charge is 0.113 e. The van der Waals surface area contributed by atoms with Crippen LogP contribution in [0.5, 0.6) is 0 Å². The van der Waals surface area contributed by atoms with Crippen molar-refractivity contribution >= 4 is 0 Å². The van der Waals surface area contributed by atoms with E-state index < -0.39 is 0 Å². The highest BCUT2D eigenvalue weighted by atomic mass is 16.5. The summed E-state index contributed by atoms with van der Waals surface area (Å²) in [5, 5.41) is 0. The van der Waals surface area contributed by atoms with E-state index in [1.807, 2.05) is 6.08 Å². The molecule has 0 saturated heterocycles. The lowest BCUT2D eigenvalue weighted by Crippen LogP contribution is -1.91. The summed E-state index contributed by atoms with van der Waals surface area (Å²) < 4.78 is 4.96. The van der Waals surface area contributed by atoms with Gasteiger partial charge in [-0.2, -0.15) is 0 Å². The molecule has 0 N–H and O–H groups in total. The highest BCUT2D eigenvalue weighted by Gasteiger charge is 2.02. The van der Waals surface area contributed by atoms with E-state index in [0.29, 0.717) is 6.61 Å². The molecular weight excluding hydrogens is 148 g/mol. The van der Waals surface area contributed by atoms with Crippen LogP contribution in [0.1, 0.15) is 32.1 Å². The number of rotatable bonds is 3. The molecule has 0 aromatic carbocycles. The van der Waals surface area contributed by atoms with Gasteiger partial charge in [0.05, 0.1) is 6.26 Å². The summed E-state index contributed by atoms with van der Waals surface area (Å²) in [4.78, 5) is 0. The highest BCUT2D eigenvalue weighted by molar-refractivity contribution is 5.03. The van der Waals surface area contributed by atoms with Crippen LogP contribution in [0.3, 0.4) is 0 Å². The molecule has 1 fully saturated rings. The molecule has 1 aliphatic rings.